The molecule has 0 spiro atoms. The molecule has 0 amide bonds. The number of ether oxygens (including phenoxy) is 1. The van der Waals surface area contributed by atoms with Gasteiger partial charge in [0.15, 0.2) is 0 Å². The van der Waals surface area contributed by atoms with Crippen LogP contribution < -0.4 is 14.5 Å². The lowest BCUT2D eigenvalue weighted by Gasteiger charge is -2.32. The smallest absolute Gasteiger partial charge is 0.137 e. The van der Waals surface area contributed by atoms with Gasteiger partial charge >= 0.3 is 0 Å². The van der Waals surface area contributed by atoms with E-state index in [1.165, 1.54) is 53.5 Å². The average Bonchev–Trinajstić information content (AvgIpc) is 2.60. The van der Waals surface area contributed by atoms with E-state index in [0.717, 1.165) is 131 Å². The molecule has 1 N–H and O–H groups in total. The van der Waals surface area contributed by atoms with E-state index in [9.17, 15) is 5.11 Å². The van der Waals surface area contributed by atoms with Gasteiger partial charge in [-0.15, -0.1) is 0 Å². The average molecular weight is 1090 g/mol. The Hall–Kier alpha value is -8.88. The van der Waals surface area contributed by atoms with Crippen LogP contribution in [0.25, 0.3) is 45.0 Å². The summed E-state index contributed by atoms with van der Waals surface area (Å²) in [5.74, 6) is 2.96. The van der Waals surface area contributed by atoms with Gasteiger partial charge in [-0.2, -0.15) is 0 Å². The van der Waals surface area contributed by atoms with Gasteiger partial charge in [0.25, 0.3) is 0 Å². The number of nitrogens with zero attached hydrogens (tertiary/aromatic N) is 6. The number of aromatic hydroxyl groups is 1. The number of para-hydroxylation sites is 2. The number of anilines is 6. The van der Waals surface area contributed by atoms with Gasteiger partial charge in [-0.3, -0.25) is 9.80 Å². The zero-order valence-electron chi connectivity index (χ0n) is 48.8. The van der Waals surface area contributed by atoms with Crippen molar-refractivity contribution in [2.75, 3.05) is 16.9 Å². The Morgan fingerprint density at radius 1 is 0.398 bits per heavy atom. The molecule has 0 saturated carbocycles. The highest BCUT2D eigenvalue weighted by atomic mass is 16.5. The molecule has 0 aliphatic heterocycles. The molecule has 8 heteroatoms. The number of hydrogen-bond acceptors (Lipinski definition) is 8. The predicted octanol–water partition coefficient (Wildman–Crippen LogP) is 20.2. The van der Waals surface area contributed by atoms with Crippen molar-refractivity contribution in [1.82, 2.24) is 19.9 Å². The topological polar surface area (TPSA) is 87.5 Å². The molecule has 418 valence electrons. The van der Waals surface area contributed by atoms with E-state index in [1.807, 2.05) is 79.1 Å². The first-order chi connectivity index (χ1) is 40.9. The zero-order valence-corrected chi connectivity index (χ0v) is 48.8. The summed E-state index contributed by atoms with van der Waals surface area (Å²) < 4.78 is 5.96. The number of fused-ring (bicyclic) bond motifs is 6. The van der Waals surface area contributed by atoms with Crippen LogP contribution >= 0.6 is 0 Å². The minimum Gasteiger partial charge on any atom is -0.507 e. The van der Waals surface area contributed by atoms with E-state index in [-0.39, 0.29) is 10.8 Å². The Bertz CT molecular complexity index is 3680. The third-order valence-electron chi connectivity index (χ3n) is 17.0. The van der Waals surface area contributed by atoms with Crippen LogP contribution in [0.1, 0.15) is 127 Å². The van der Waals surface area contributed by atoms with Crippen LogP contribution in [-0.2, 0) is 10.8 Å². The molecule has 2 aliphatic rings. The van der Waals surface area contributed by atoms with E-state index in [4.69, 9.17) is 14.7 Å². The van der Waals surface area contributed by atoms with Crippen molar-refractivity contribution in [1.29, 1.82) is 0 Å². The van der Waals surface area contributed by atoms with Gasteiger partial charge in [0.2, 0.25) is 0 Å². The van der Waals surface area contributed by atoms with Crippen LogP contribution in [0.5, 0.6) is 11.5 Å². The van der Waals surface area contributed by atoms with Gasteiger partial charge in [0.05, 0.1) is 29.9 Å². The summed E-state index contributed by atoms with van der Waals surface area (Å²) in [6.45, 7) is 9.08. The van der Waals surface area contributed by atoms with Gasteiger partial charge in [-0.05, 0) is 145 Å². The second kappa shape index (κ2) is 25.5. The molecule has 10 aromatic rings. The van der Waals surface area contributed by atoms with Crippen molar-refractivity contribution in [3.63, 3.8) is 0 Å². The lowest BCUT2D eigenvalue weighted by Crippen LogP contribution is -2.25. The van der Waals surface area contributed by atoms with Gasteiger partial charge < -0.3 is 9.84 Å². The molecule has 0 unspecified atom stereocenters. The number of phenols is 1. The van der Waals surface area contributed by atoms with Gasteiger partial charge in [0, 0.05) is 68.2 Å². The maximum absolute atomic E-state index is 11.1. The normalized spacial score (nSPS) is 13.0. The number of aromatic nitrogens is 4. The van der Waals surface area contributed by atoms with Crippen LogP contribution in [0, 0.1) is 0 Å². The third kappa shape index (κ3) is 11.0. The van der Waals surface area contributed by atoms with Crippen LogP contribution in [-0.4, -0.2) is 32.2 Å². The molecular weight excluding hydrogens is 1020 g/mol. The van der Waals surface area contributed by atoms with Crippen molar-refractivity contribution in [2.45, 2.75) is 116 Å². The summed E-state index contributed by atoms with van der Waals surface area (Å²) in [6, 6.07) is 71.4. The fourth-order valence-electron chi connectivity index (χ4n) is 13.0. The first-order valence-corrected chi connectivity index (χ1v) is 30.1. The summed E-state index contributed by atoms with van der Waals surface area (Å²) in [4.78, 5) is 24.4. The number of phenolic OH excluding ortho intramolecular Hbond substituents is 1. The first kappa shape index (κ1) is 56.0. The molecule has 0 atom stereocenters. The van der Waals surface area contributed by atoms with Crippen LogP contribution in [0.2, 0.25) is 0 Å². The van der Waals surface area contributed by atoms with Crippen LogP contribution in [0.3, 0.4) is 0 Å². The Morgan fingerprint density at radius 2 is 0.807 bits per heavy atom. The molecule has 8 nitrogen and oxygen atoms in total. The summed E-state index contributed by atoms with van der Waals surface area (Å²) in [5, 5.41) is 11.1. The van der Waals surface area contributed by atoms with E-state index >= 15 is 0 Å². The van der Waals surface area contributed by atoms with E-state index in [1.54, 1.807) is 13.2 Å². The number of methoxy groups -OCH3 is 1. The Balaban J connectivity index is 0.000000174. The highest BCUT2D eigenvalue weighted by Gasteiger charge is 2.46. The summed E-state index contributed by atoms with van der Waals surface area (Å²) in [6.07, 6.45) is 17.4. The number of pyridine rings is 4. The number of unbranched alkanes of at least 4 members (excludes halogenated alkanes) is 4. The van der Waals surface area contributed by atoms with Crippen molar-refractivity contribution < 1.29 is 9.84 Å². The monoisotopic (exact) mass is 1090 g/mol. The molecule has 83 heavy (non-hydrogen) atoms. The molecule has 4 heterocycles. The minimum atomic E-state index is -0.105. The van der Waals surface area contributed by atoms with Crippen LogP contribution in [0.15, 0.2) is 219 Å². The molecule has 0 saturated heterocycles. The quantitative estimate of drug-likeness (QED) is 0.0761. The largest absolute Gasteiger partial charge is 0.507 e. The minimum absolute atomic E-state index is 0.0261. The molecule has 6 aromatic carbocycles. The maximum Gasteiger partial charge on any atom is 0.137 e. The molecule has 0 fully saturated rings. The van der Waals surface area contributed by atoms with Gasteiger partial charge in [0.1, 0.15) is 23.1 Å². The number of hydrogen-bond donors (Lipinski definition) is 1. The third-order valence-corrected chi connectivity index (χ3v) is 17.0. The first-order valence-electron chi connectivity index (χ1n) is 30.1. The maximum atomic E-state index is 11.1. The second-order valence-electron chi connectivity index (χ2n) is 22.2. The fraction of sp³-hybridized carbons (Fsp3) is 0.253. The summed E-state index contributed by atoms with van der Waals surface area (Å²) >= 11 is 0. The van der Waals surface area contributed by atoms with Crippen molar-refractivity contribution >= 4 is 34.4 Å². The Morgan fingerprint density at radius 3 is 1.24 bits per heavy atom. The Kier molecular flexibility index (Phi) is 17.2. The lowest BCUT2D eigenvalue weighted by atomic mass is 9.71. The van der Waals surface area contributed by atoms with Gasteiger partial charge in [-0.25, -0.2) is 19.9 Å². The van der Waals surface area contributed by atoms with Crippen LogP contribution in [0.4, 0.5) is 34.4 Å². The van der Waals surface area contributed by atoms with Crippen molar-refractivity contribution in [2.24, 2.45) is 0 Å². The summed E-state index contributed by atoms with van der Waals surface area (Å²) in [7, 11) is 1.77. The summed E-state index contributed by atoms with van der Waals surface area (Å²) in [5.41, 5.74) is 17.3. The lowest BCUT2D eigenvalue weighted by molar-refractivity contribution is 0.405. The molecule has 2 aliphatic carbocycles. The molecule has 0 bridgehead atoms. The van der Waals surface area contributed by atoms with E-state index in [2.05, 4.69) is 181 Å². The molecule has 4 aromatic heterocycles. The molecule has 0 radical (unpaired) electrons. The standard InChI is InChI=1S/C38H39N3O.C37H37N3O/c1-4-6-24-38(25-7-5-2)31-19-14-20-34(42-3)36(31)37-32(38)22-23-33(40-37)28-15-13-18-30(27-28)41(29-16-9-8-10-17-29)35-21-11-12-26-39-35;1-3-5-23-37(24-6-4-2)30-18-13-19-33(41)35(30)36-31(37)21-22-32(39-36)27-14-12-17-29(26-27)40(28-15-8-7-9-16-28)34-20-10-11-25-38-34/h8-23,26-27H,4-7,24-25H2,1-3H3;7-22,25-26,41H,3-6,23-24H2,1-2H3. The van der Waals surface area contributed by atoms with E-state index in [0.29, 0.717) is 5.75 Å². The highest BCUT2D eigenvalue weighted by molar-refractivity contribution is 5.87. The molecular formula is C75H76N6O2. The fourth-order valence-corrected chi connectivity index (χ4v) is 13.0. The van der Waals surface area contributed by atoms with Crippen molar-refractivity contribution in [3.05, 3.63) is 241 Å². The predicted molar refractivity (Wildman–Crippen MR) is 343 cm³/mol. The zero-order chi connectivity index (χ0) is 57.2. The highest BCUT2D eigenvalue weighted by Crippen LogP contribution is 2.58. The van der Waals surface area contributed by atoms with Crippen molar-refractivity contribution in [3.8, 4) is 56.5 Å². The molecule has 12 rings (SSSR count). The number of benzene rings is 6. The SMILES string of the molecule is CCCCC1(CCCC)c2ccc(-c3cccc(N(c4ccccc4)c4ccccn4)c3)nc2-c2c(O)cccc21.CCCCC1(CCCC)c2ccc(-c3cccc(N(c4ccccc4)c4ccccn4)c3)nc2-c2c(OC)cccc21. The van der Waals surface area contributed by atoms with E-state index < -0.39 is 0 Å². The second-order valence-corrected chi connectivity index (χ2v) is 22.2. The Labute approximate surface area is 491 Å². The number of rotatable bonds is 21. The van der Waals surface area contributed by atoms with Gasteiger partial charge in [-0.1, -0.05) is 188 Å².